The van der Waals surface area contributed by atoms with E-state index in [1.54, 1.807) is 16.4 Å². The van der Waals surface area contributed by atoms with E-state index in [-0.39, 0.29) is 0 Å². The number of tetrazole rings is 1. The van der Waals surface area contributed by atoms with Crippen LogP contribution in [-0.4, -0.2) is 32.5 Å². The van der Waals surface area contributed by atoms with Crippen LogP contribution in [0.25, 0.3) is 5.69 Å². The number of rotatable bonds is 10. The molecule has 31 heavy (non-hydrogen) atoms. The molecule has 0 unspecified atom stereocenters. The van der Waals surface area contributed by atoms with Crippen molar-refractivity contribution < 1.29 is 4.74 Å². The fourth-order valence-corrected chi connectivity index (χ4v) is 3.98. The van der Waals surface area contributed by atoms with Gasteiger partial charge in [-0.05, 0) is 46.3 Å². The lowest BCUT2D eigenvalue weighted by molar-refractivity contribution is 0.302. The average molecular weight is 452 g/mol. The van der Waals surface area contributed by atoms with Gasteiger partial charge in [0.1, 0.15) is 12.4 Å². The first kappa shape index (κ1) is 21.4. The van der Waals surface area contributed by atoms with Crippen LogP contribution < -0.4 is 10.1 Å². The third-order valence-electron chi connectivity index (χ3n) is 4.53. The summed E-state index contributed by atoms with van der Waals surface area (Å²) in [7, 11) is 0. The molecule has 0 aliphatic rings. The molecule has 0 aliphatic heterocycles. The van der Waals surface area contributed by atoms with Gasteiger partial charge < -0.3 is 10.1 Å². The Balaban J connectivity index is 1.28. The van der Waals surface area contributed by atoms with Crippen LogP contribution in [0, 0.1) is 0 Å². The molecule has 0 amide bonds. The standard InChI is InChI=1S/C23H22ClN5OS/c24-20-11-12-22(30-17-18-7-3-1-4-8-18)19(15-20)16-25-13-14-31-23-26-27-28-29(23)21-9-5-2-6-10-21/h1-12,15,25H,13-14,16-17H2. The Labute approximate surface area is 190 Å². The van der Waals surface area contributed by atoms with Gasteiger partial charge in [-0.2, -0.15) is 4.68 Å². The second-order valence-corrected chi connectivity index (χ2v) is 8.26. The molecule has 1 aromatic heterocycles. The summed E-state index contributed by atoms with van der Waals surface area (Å²) in [4.78, 5) is 0. The van der Waals surface area contributed by atoms with Crippen LogP contribution in [-0.2, 0) is 13.2 Å². The lowest BCUT2D eigenvalue weighted by Crippen LogP contribution is -2.17. The highest BCUT2D eigenvalue weighted by atomic mass is 35.5. The Morgan fingerprint density at radius 1 is 0.968 bits per heavy atom. The predicted octanol–water partition coefficient (Wildman–Crippen LogP) is 4.78. The third-order valence-corrected chi connectivity index (χ3v) is 5.68. The maximum Gasteiger partial charge on any atom is 0.214 e. The van der Waals surface area contributed by atoms with Gasteiger partial charge in [0.05, 0.1) is 5.69 Å². The highest BCUT2D eigenvalue weighted by molar-refractivity contribution is 7.99. The summed E-state index contributed by atoms with van der Waals surface area (Å²) >= 11 is 7.81. The van der Waals surface area contributed by atoms with E-state index in [9.17, 15) is 0 Å². The number of ether oxygens (including phenoxy) is 1. The molecular weight excluding hydrogens is 430 g/mol. The number of hydrogen-bond donors (Lipinski definition) is 1. The van der Waals surface area contributed by atoms with Crippen molar-refractivity contribution in [3.63, 3.8) is 0 Å². The van der Waals surface area contributed by atoms with Crippen LogP contribution in [0.4, 0.5) is 0 Å². The molecule has 0 radical (unpaired) electrons. The Morgan fingerprint density at radius 2 is 1.74 bits per heavy atom. The van der Waals surface area contributed by atoms with Crippen molar-refractivity contribution in [1.29, 1.82) is 0 Å². The van der Waals surface area contributed by atoms with Gasteiger partial charge in [0, 0.05) is 29.4 Å². The Bertz CT molecular complexity index is 1090. The van der Waals surface area contributed by atoms with Crippen LogP contribution in [0.1, 0.15) is 11.1 Å². The van der Waals surface area contributed by atoms with Gasteiger partial charge in [-0.3, -0.25) is 0 Å². The molecule has 0 saturated carbocycles. The smallest absolute Gasteiger partial charge is 0.214 e. The van der Waals surface area contributed by atoms with Gasteiger partial charge in [0.25, 0.3) is 0 Å². The van der Waals surface area contributed by atoms with Gasteiger partial charge in [-0.1, -0.05) is 71.9 Å². The zero-order chi connectivity index (χ0) is 21.3. The summed E-state index contributed by atoms with van der Waals surface area (Å²) in [6, 6.07) is 25.7. The van der Waals surface area contributed by atoms with E-state index in [1.165, 1.54) is 0 Å². The molecule has 4 aromatic rings. The Hall–Kier alpha value is -2.87. The predicted molar refractivity (Wildman–Crippen MR) is 124 cm³/mol. The van der Waals surface area contributed by atoms with Crippen LogP contribution in [0.3, 0.4) is 0 Å². The summed E-state index contributed by atoms with van der Waals surface area (Å²) in [6.07, 6.45) is 0. The summed E-state index contributed by atoms with van der Waals surface area (Å²) in [6.45, 7) is 1.97. The molecule has 1 N–H and O–H groups in total. The number of nitrogens with one attached hydrogen (secondary N) is 1. The number of thioether (sulfide) groups is 1. The number of aromatic nitrogens is 4. The Morgan fingerprint density at radius 3 is 2.55 bits per heavy atom. The van der Waals surface area contributed by atoms with E-state index >= 15 is 0 Å². The molecule has 3 aromatic carbocycles. The largest absolute Gasteiger partial charge is 0.489 e. The molecular formula is C23H22ClN5OS. The molecule has 158 valence electrons. The van der Waals surface area contributed by atoms with Gasteiger partial charge in [-0.15, -0.1) is 5.10 Å². The minimum atomic E-state index is 0.521. The molecule has 0 aliphatic carbocycles. The Kier molecular flexibility index (Phi) is 7.55. The topological polar surface area (TPSA) is 64.9 Å². The first-order valence-corrected chi connectivity index (χ1v) is 11.3. The van der Waals surface area contributed by atoms with E-state index in [0.29, 0.717) is 18.2 Å². The lowest BCUT2D eigenvalue weighted by atomic mass is 10.2. The lowest BCUT2D eigenvalue weighted by Gasteiger charge is -2.13. The number of halogens is 1. The van der Waals surface area contributed by atoms with Crippen molar-refractivity contribution >= 4 is 23.4 Å². The zero-order valence-electron chi connectivity index (χ0n) is 16.8. The fourth-order valence-electron chi connectivity index (χ4n) is 3.00. The first-order valence-electron chi connectivity index (χ1n) is 9.92. The monoisotopic (exact) mass is 451 g/mol. The SMILES string of the molecule is Clc1ccc(OCc2ccccc2)c(CNCCSc2nnnn2-c2ccccc2)c1. The highest BCUT2D eigenvalue weighted by Gasteiger charge is 2.09. The van der Waals surface area contributed by atoms with E-state index in [2.05, 4.69) is 20.8 Å². The molecule has 0 spiro atoms. The van der Waals surface area contributed by atoms with Crippen molar-refractivity contribution in [2.75, 3.05) is 12.3 Å². The van der Waals surface area contributed by atoms with Gasteiger partial charge in [0.2, 0.25) is 5.16 Å². The highest BCUT2D eigenvalue weighted by Crippen LogP contribution is 2.24. The van der Waals surface area contributed by atoms with Crippen LogP contribution >= 0.6 is 23.4 Å². The minimum absolute atomic E-state index is 0.521. The van der Waals surface area contributed by atoms with Crippen LogP contribution in [0.5, 0.6) is 5.75 Å². The van der Waals surface area contributed by atoms with Crippen molar-refractivity contribution in [2.45, 2.75) is 18.3 Å². The van der Waals surface area contributed by atoms with Gasteiger partial charge >= 0.3 is 0 Å². The van der Waals surface area contributed by atoms with Crippen LogP contribution in [0.15, 0.2) is 84.0 Å². The summed E-state index contributed by atoms with van der Waals surface area (Å²) in [5.74, 6) is 1.66. The average Bonchev–Trinajstić information content (AvgIpc) is 3.28. The second kappa shape index (κ2) is 10.9. The van der Waals surface area contributed by atoms with E-state index in [0.717, 1.165) is 40.0 Å². The molecule has 0 bridgehead atoms. The zero-order valence-corrected chi connectivity index (χ0v) is 18.4. The number of nitrogens with zero attached hydrogens (tertiary/aromatic N) is 4. The van der Waals surface area contributed by atoms with Crippen molar-refractivity contribution in [2.24, 2.45) is 0 Å². The molecule has 0 fully saturated rings. The van der Waals surface area contributed by atoms with Gasteiger partial charge in [0.15, 0.2) is 0 Å². The quantitative estimate of drug-likeness (QED) is 0.276. The first-order chi connectivity index (χ1) is 15.3. The normalized spacial score (nSPS) is 10.9. The van der Waals surface area contributed by atoms with E-state index < -0.39 is 0 Å². The minimum Gasteiger partial charge on any atom is -0.489 e. The maximum atomic E-state index is 6.20. The molecule has 4 rings (SSSR count). The molecule has 1 heterocycles. The molecule has 8 heteroatoms. The van der Waals surface area contributed by atoms with E-state index in [1.807, 2.05) is 78.9 Å². The van der Waals surface area contributed by atoms with Crippen LogP contribution in [0.2, 0.25) is 5.02 Å². The second-order valence-electron chi connectivity index (χ2n) is 6.76. The van der Waals surface area contributed by atoms with Crippen molar-refractivity contribution in [3.8, 4) is 11.4 Å². The number of benzene rings is 3. The molecule has 6 nitrogen and oxygen atoms in total. The summed E-state index contributed by atoms with van der Waals surface area (Å²) in [5.41, 5.74) is 3.11. The molecule has 0 saturated heterocycles. The third kappa shape index (κ3) is 6.07. The summed E-state index contributed by atoms with van der Waals surface area (Å²) < 4.78 is 7.77. The van der Waals surface area contributed by atoms with Crippen molar-refractivity contribution in [1.82, 2.24) is 25.5 Å². The maximum absolute atomic E-state index is 6.20. The van der Waals surface area contributed by atoms with E-state index in [4.69, 9.17) is 16.3 Å². The summed E-state index contributed by atoms with van der Waals surface area (Å²) in [5, 5.41) is 16.9. The molecule has 0 atom stereocenters. The van der Waals surface area contributed by atoms with Crippen molar-refractivity contribution in [3.05, 3.63) is 95.0 Å². The number of para-hydroxylation sites is 1. The fraction of sp³-hybridized carbons (Fsp3) is 0.174. The number of hydrogen-bond acceptors (Lipinski definition) is 6. The van der Waals surface area contributed by atoms with Gasteiger partial charge in [-0.25, -0.2) is 0 Å².